The highest BCUT2D eigenvalue weighted by atomic mass is 32.3. The molecule has 0 N–H and O–H groups in total. The first-order valence-electron chi connectivity index (χ1n) is 9.82. The highest BCUT2D eigenvalue weighted by Crippen LogP contribution is 2.76. The summed E-state index contributed by atoms with van der Waals surface area (Å²) in [6, 6.07) is 0. The molecule has 0 saturated heterocycles. The monoisotopic (exact) mass is 806 g/mol. The predicted molar refractivity (Wildman–Crippen MR) is 86.0 cm³/mol. The fourth-order valence-corrected chi connectivity index (χ4v) is 7.48. The molecule has 0 bridgehead atoms. The van der Waals surface area contributed by atoms with E-state index in [1.54, 1.807) is 0 Å². The van der Waals surface area contributed by atoms with Gasteiger partial charge in [-0.05, 0) is 0 Å². The molecule has 0 spiro atoms. The van der Waals surface area contributed by atoms with Gasteiger partial charge in [0, 0.05) is 0 Å². The quantitative estimate of drug-likeness (QED) is 0.298. The van der Waals surface area contributed by atoms with Crippen LogP contribution in [0.4, 0.5) is 114 Å². The summed E-state index contributed by atoms with van der Waals surface area (Å²) in [5, 5.41) is -18.6. The second-order valence-corrected chi connectivity index (χ2v) is 12.6. The largest absolute Gasteiger partial charge is 0.435 e. The fourth-order valence-electron chi connectivity index (χ4n) is 4.01. The van der Waals surface area contributed by atoms with Crippen LogP contribution in [0.15, 0.2) is 0 Å². The van der Waals surface area contributed by atoms with E-state index in [4.69, 9.17) is 0 Å². The molecule has 0 atom stereocenters. The number of halogens is 26. The molecular weight excluding hydrogens is 806 g/mol. The van der Waals surface area contributed by atoms with E-state index < -0.39 is 101 Å². The molecule has 0 radical (unpaired) electrons. The van der Waals surface area contributed by atoms with Crippen molar-refractivity contribution >= 4 is 20.2 Å². The average molecular weight is 806 g/mol. The summed E-state index contributed by atoms with van der Waals surface area (Å²) in [6.45, 7) is 0. The zero-order valence-corrected chi connectivity index (χ0v) is 21.3. The van der Waals surface area contributed by atoms with Crippen molar-refractivity contribution in [3.8, 4) is 0 Å². The Labute approximate surface area is 237 Å². The van der Waals surface area contributed by atoms with Crippen LogP contribution < -0.4 is 0 Å². The topological polar surface area (TPSA) is 77.5 Å². The Morgan fingerprint density at radius 2 is 0.468 bits per heavy atom. The van der Waals surface area contributed by atoms with Gasteiger partial charge < -0.3 is 0 Å². The molecule has 0 heterocycles. The Bertz CT molecular complexity index is 1370. The van der Waals surface area contributed by atoms with Crippen molar-refractivity contribution in [2.75, 3.05) is 0 Å². The molecule has 2 fully saturated rings. The molecule has 5 nitrogen and oxygen atoms in total. The summed E-state index contributed by atoms with van der Waals surface area (Å²) in [5.41, 5.74) is -17.9. The van der Waals surface area contributed by atoms with E-state index in [0.29, 0.717) is 0 Å². The van der Waals surface area contributed by atoms with Crippen LogP contribution in [0.25, 0.3) is 0 Å². The standard InChI is InChI=1S/C14F26O5S2/c15-1(13(35,36)37)3(17,18)7(25,26)11(33,8(27,28)4(1,19)20)46(41,42)45-47(43,44)12(34)9(29,30)5(21,22)2(16,14(38,39)40)6(23,24)10(12,31)32. The lowest BCUT2D eigenvalue weighted by molar-refractivity contribution is -0.485. The smallest absolute Gasteiger partial charge is 0.219 e. The molecule has 0 unspecified atom stereocenters. The Morgan fingerprint density at radius 3 is 0.596 bits per heavy atom. The van der Waals surface area contributed by atoms with E-state index >= 15 is 0 Å². The molecule has 33 heteroatoms. The van der Waals surface area contributed by atoms with E-state index in [2.05, 4.69) is 0 Å². The van der Waals surface area contributed by atoms with Crippen molar-refractivity contribution in [2.45, 2.75) is 81.1 Å². The maximum absolute atomic E-state index is 14.8. The maximum atomic E-state index is 14.8. The van der Waals surface area contributed by atoms with E-state index in [1.165, 1.54) is 3.63 Å². The lowest BCUT2D eigenvalue weighted by Gasteiger charge is -2.55. The van der Waals surface area contributed by atoms with Crippen LogP contribution in [-0.2, 0) is 23.9 Å². The zero-order chi connectivity index (χ0) is 38.7. The SMILES string of the molecule is O=S(=O)(OS(=O)(=O)C1(F)C(F)(F)C(F)(F)C(F)(C(F)(F)F)C(F)(F)C1(F)F)C1(F)C(F)(F)C(F)(F)C(F)(C(F)(F)F)C(F)(F)C1(F)F. The Kier molecular flexibility index (Phi) is 7.92. The van der Waals surface area contributed by atoms with Crippen LogP contribution in [0.5, 0.6) is 0 Å². The number of alkyl halides is 26. The molecule has 280 valence electrons. The van der Waals surface area contributed by atoms with Crippen molar-refractivity contribution in [1.29, 1.82) is 0 Å². The molecule has 47 heavy (non-hydrogen) atoms. The van der Waals surface area contributed by atoms with Gasteiger partial charge in [-0.3, -0.25) is 0 Å². The summed E-state index contributed by atoms with van der Waals surface area (Å²) in [6.07, 6.45) is -17.1. The van der Waals surface area contributed by atoms with Crippen LogP contribution in [0.1, 0.15) is 0 Å². The van der Waals surface area contributed by atoms with Crippen LogP contribution in [0, 0.1) is 0 Å². The Morgan fingerprint density at radius 1 is 0.319 bits per heavy atom. The van der Waals surface area contributed by atoms with Crippen LogP contribution in [0.3, 0.4) is 0 Å². The van der Waals surface area contributed by atoms with Gasteiger partial charge in [0.15, 0.2) is 0 Å². The van der Waals surface area contributed by atoms with Crippen LogP contribution >= 0.6 is 0 Å². The van der Waals surface area contributed by atoms with Crippen LogP contribution in [0.2, 0.25) is 0 Å². The summed E-state index contributed by atoms with van der Waals surface area (Å²) in [7, 11) is -20.3. The minimum absolute atomic E-state index is 1.27. The minimum atomic E-state index is -10.2. The van der Waals surface area contributed by atoms with Gasteiger partial charge in [-0.25, -0.2) is 17.6 Å². The number of rotatable bonds is 4. The first-order chi connectivity index (χ1) is 19.7. The molecule has 2 saturated carbocycles. The fraction of sp³-hybridized carbons (Fsp3) is 1.00. The third kappa shape index (κ3) is 3.55. The summed E-state index contributed by atoms with van der Waals surface area (Å²) in [5.74, 6) is -73.4. The van der Waals surface area contributed by atoms with Gasteiger partial charge in [0.05, 0.1) is 0 Å². The second kappa shape index (κ2) is 9.03. The maximum Gasteiger partial charge on any atom is 0.435 e. The number of hydrogen-bond acceptors (Lipinski definition) is 5. The normalized spacial score (nSPS) is 38.9. The molecule has 0 amide bonds. The average Bonchev–Trinajstić information content (AvgIpc) is 2.81. The molecule has 2 aliphatic carbocycles. The second-order valence-electron chi connectivity index (χ2n) is 9.07. The van der Waals surface area contributed by atoms with Crippen LogP contribution in [-0.4, -0.2) is 97.9 Å². The molecule has 0 aliphatic heterocycles. The number of hydrogen-bond donors (Lipinski definition) is 0. The zero-order valence-electron chi connectivity index (χ0n) is 19.7. The van der Waals surface area contributed by atoms with Gasteiger partial charge in [-0.15, -0.1) is 3.63 Å². The Hall–Kier alpha value is -1.96. The predicted octanol–water partition coefficient (Wildman–Crippen LogP) is 6.65. The first-order valence-corrected chi connectivity index (χ1v) is 12.6. The van der Waals surface area contributed by atoms with Crippen molar-refractivity contribution in [1.82, 2.24) is 0 Å². The first kappa shape index (κ1) is 41.2. The van der Waals surface area contributed by atoms with E-state index in [0.717, 1.165) is 0 Å². The lowest BCUT2D eigenvalue weighted by atomic mass is 9.72. The summed E-state index contributed by atoms with van der Waals surface area (Å²) < 4.78 is 406. The highest BCUT2D eigenvalue weighted by molar-refractivity contribution is 8.01. The van der Waals surface area contributed by atoms with Crippen molar-refractivity contribution in [2.24, 2.45) is 0 Å². The molecule has 0 aromatic carbocycles. The van der Waals surface area contributed by atoms with E-state index in [1.807, 2.05) is 0 Å². The highest BCUT2D eigenvalue weighted by Gasteiger charge is 3.10. The lowest BCUT2D eigenvalue weighted by Crippen LogP contribution is -2.90. The molecular formula is C14F26O5S2. The third-order valence-electron chi connectivity index (χ3n) is 6.57. The minimum Gasteiger partial charge on any atom is -0.219 e. The van der Waals surface area contributed by atoms with Crippen molar-refractivity contribution in [3.63, 3.8) is 0 Å². The van der Waals surface area contributed by atoms with Crippen molar-refractivity contribution in [3.05, 3.63) is 0 Å². The van der Waals surface area contributed by atoms with Gasteiger partial charge >= 0.3 is 101 Å². The molecule has 2 aliphatic rings. The van der Waals surface area contributed by atoms with Crippen molar-refractivity contribution < 1.29 is 135 Å². The Balaban J connectivity index is 3.10. The molecule has 2 rings (SSSR count). The van der Waals surface area contributed by atoms with Gasteiger partial charge in [0.2, 0.25) is 0 Å². The summed E-state index contributed by atoms with van der Waals surface area (Å²) in [4.78, 5) is 0. The van der Waals surface area contributed by atoms with E-state index in [-0.39, 0.29) is 0 Å². The van der Waals surface area contributed by atoms with Gasteiger partial charge in [0.25, 0.3) is 0 Å². The van der Waals surface area contributed by atoms with Gasteiger partial charge in [-0.1, -0.05) is 0 Å². The third-order valence-corrected chi connectivity index (χ3v) is 10.4. The summed E-state index contributed by atoms with van der Waals surface area (Å²) >= 11 is 0. The molecule has 0 aromatic rings. The van der Waals surface area contributed by atoms with Gasteiger partial charge in [-0.2, -0.15) is 113 Å². The molecule has 0 aromatic heterocycles. The van der Waals surface area contributed by atoms with Gasteiger partial charge in [0.1, 0.15) is 0 Å². The van der Waals surface area contributed by atoms with E-state index in [9.17, 15) is 131 Å².